The molecule has 1 fully saturated rings. The van der Waals surface area contributed by atoms with E-state index >= 15 is 4.39 Å². The highest BCUT2D eigenvalue weighted by atomic mass is 19.2. The fraction of sp³-hybridized carbons (Fsp3) is 0.391. The van der Waals surface area contributed by atoms with Crippen LogP contribution in [0, 0.1) is 40.9 Å². The molecule has 0 spiro atoms. The highest BCUT2D eigenvalue weighted by Crippen LogP contribution is 2.49. The quantitative estimate of drug-likeness (QED) is 0.291. The van der Waals surface area contributed by atoms with Crippen molar-refractivity contribution in [3.63, 3.8) is 0 Å². The molecule has 0 aliphatic heterocycles. The Morgan fingerprint density at radius 3 is 2.25 bits per heavy atom. The Balaban J connectivity index is 1.76. The molecule has 0 N–H and O–H groups in total. The summed E-state index contributed by atoms with van der Waals surface area (Å²) in [4.78, 5) is 0. The minimum atomic E-state index is -1.65. The molecule has 0 radical (unpaired) electrons. The van der Waals surface area contributed by atoms with Crippen LogP contribution in [0.4, 0.5) is 22.0 Å². The maximum absolute atomic E-state index is 15.2. The fourth-order valence-electron chi connectivity index (χ4n) is 5.03. The first-order chi connectivity index (χ1) is 13.4. The third-order valence-electron chi connectivity index (χ3n) is 6.28. The first kappa shape index (κ1) is 19.2. The van der Waals surface area contributed by atoms with Crippen LogP contribution in [0.2, 0.25) is 0 Å². The SMILES string of the molecule is C/C=C/C1CCC2c3cc(F)c(-c4cc(F)c(F)c(F)c4)c(F)c3CCC2C1. The van der Waals surface area contributed by atoms with Crippen LogP contribution in [-0.2, 0) is 6.42 Å². The molecule has 2 aromatic rings. The molecule has 2 aliphatic carbocycles. The van der Waals surface area contributed by atoms with Gasteiger partial charge in [-0.15, -0.1) is 0 Å². The molecule has 28 heavy (non-hydrogen) atoms. The lowest BCUT2D eigenvalue weighted by atomic mass is 9.65. The van der Waals surface area contributed by atoms with E-state index in [2.05, 4.69) is 6.08 Å². The normalized spacial score (nSPS) is 24.3. The molecule has 0 aromatic heterocycles. The summed E-state index contributed by atoms with van der Waals surface area (Å²) in [5.41, 5.74) is 0.287. The minimum Gasteiger partial charge on any atom is -0.206 e. The molecule has 0 amide bonds. The van der Waals surface area contributed by atoms with Gasteiger partial charge in [0.25, 0.3) is 0 Å². The van der Waals surface area contributed by atoms with E-state index in [-0.39, 0.29) is 11.5 Å². The van der Waals surface area contributed by atoms with Crippen LogP contribution in [0.3, 0.4) is 0 Å². The lowest BCUT2D eigenvalue weighted by Crippen LogP contribution is -2.28. The summed E-state index contributed by atoms with van der Waals surface area (Å²) in [5.74, 6) is -5.23. The maximum Gasteiger partial charge on any atom is 0.194 e. The summed E-state index contributed by atoms with van der Waals surface area (Å²) in [6, 6.07) is 2.60. The molecule has 0 saturated heterocycles. The second kappa shape index (κ2) is 7.34. The standard InChI is InChI=1S/C23H21F5/c1-2-3-12-4-6-15-13(8-12)5-7-16-17(15)11-18(24)21(22(16)27)14-9-19(25)23(28)20(26)10-14/h2-3,9-13,15H,4-8H2,1H3/b3-2+. The second-order valence-electron chi connectivity index (χ2n) is 7.87. The number of allylic oxidation sites excluding steroid dienone is 2. The van der Waals surface area contributed by atoms with Crippen LogP contribution in [-0.4, -0.2) is 0 Å². The zero-order valence-electron chi connectivity index (χ0n) is 15.5. The Morgan fingerprint density at radius 1 is 0.857 bits per heavy atom. The predicted molar refractivity (Wildman–Crippen MR) is 98.4 cm³/mol. The van der Waals surface area contributed by atoms with Crippen LogP contribution in [0.1, 0.15) is 49.7 Å². The van der Waals surface area contributed by atoms with E-state index in [0.29, 0.717) is 41.5 Å². The molecule has 4 rings (SSSR count). The van der Waals surface area contributed by atoms with E-state index in [0.717, 1.165) is 25.7 Å². The van der Waals surface area contributed by atoms with Crippen LogP contribution < -0.4 is 0 Å². The van der Waals surface area contributed by atoms with Gasteiger partial charge in [-0.25, -0.2) is 22.0 Å². The summed E-state index contributed by atoms with van der Waals surface area (Å²) in [5, 5.41) is 0. The number of hydrogen-bond acceptors (Lipinski definition) is 0. The van der Waals surface area contributed by atoms with Crippen molar-refractivity contribution in [1.82, 2.24) is 0 Å². The lowest BCUT2D eigenvalue weighted by Gasteiger charge is -2.40. The van der Waals surface area contributed by atoms with Crippen LogP contribution in [0.5, 0.6) is 0 Å². The third kappa shape index (κ3) is 3.15. The molecule has 3 atom stereocenters. The highest BCUT2D eigenvalue weighted by Gasteiger charge is 2.37. The molecular weight excluding hydrogens is 371 g/mol. The summed E-state index contributed by atoms with van der Waals surface area (Å²) in [7, 11) is 0. The topological polar surface area (TPSA) is 0 Å². The van der Waals surface area contributed by atoms with E-state index in [4.69, 9.17) is 0 Å². The molecule has 1 saturated carbocycles. The van der Waals surface area contributed by atoms with Gasteiger partial charge in [-0.2, -0.15) is 0 Å². The van der Waals surface area contributed by atoms with E-state index in [1.54, 1.807) is 0 Å². The van der Waals surface area contributed by atoms with Gasteiger partial charge in [0.05, 0.1) is 5.56 Å². The van der Waals surface area contributed by atoms with Gasteiger partial charge in [-0.1, -0.05) is 12.2 Å². The van der Waals surface area contributed by atoms with E-state index in [1.165, 1.54) is 6.07 Å². The molecule has 2 aliphatic rings. The van der Waals surface area contributed by atoms with Gasteiger partial charge in [-0.3, -0.25) is 0 Å². The molecule has 0 nitrogen and oxygen atoms in total. The molecule has 0 heterocycles. The molecule has 0 bridgehead atoms. The van der Waals surface area contributed by atoms with Gasteiger partial charge < -0.3 is 0 Å². The second-order valence-corrected chi connectivity index (χ2v) is 7.87. The first-order valence-corrected chi connectivity index (χ1v) is 9.69. The average molecular weight is 392 g/mol. The summed E-state index contributed by atoms with van der Waals surface area (Å²) in [6.45, 7) is 2.00. The lowest BCUT2D eigenvalue weighted by molar-refractivity contribution is 0.234. The van der Waals surface area contributed by atoms with Crippen molar-refractivity contribution < 1.29 is 22.0 Å². The van der Waals surface area contributed by atoms with Gasteiger partial charge in [0.1, 0.15) is 11.6 Å². The van der Waals surface area contributed by atoms with E-state index < -0.39 is 34.6 Å². The van der Waals surface area contributed by atoms with Gasteiger partial charge in [0.15, 0.2) is 17.5 Å². The third-order valence-corrected chi connectivity index (χ3v) is 6.28. The summed E-state index contributed by atoms with van der Waals surface area (Å²) >= 11 is 0. The van der Waals surface area contributed by atoms with Crippen molar-refractivity contribution in [3.05, 3.63) is 70.6 Å². The number of halogens is 5. The number of fused-ring (bicyclic) bond motifs is 3. The average Bonchev–Trinajstić information content (AvgIpc) is 2.66. The first-order valence-electron chi connectivity index (χ1n) is 9.69. The monoisotopic (exact) mass is 392 g/mol. The van der Waals surface area contributed by atoms with Crippen molar-refractivity contribution in [2.45, 2.75) is 44.9 Å². The smallest absolute Gasteiger partial charge is 0.194 e. The zero-order valence-corrected chi connectivity index (χ0v) is 15.5. The van der Waals surface area contributed by atoms with Gasteiger partial charge >= 0.3 is 0 Å². The van der Waals surface area contributed by atoms with Crippen molar-refractivity contribution in [1.29, 1.82) is 0 Å². The maximum atomic E-state index is 15.2. The largest absolute Gasteiger partial charge is 0.206 e. The Kier molecular flexibility index (Phi) is 5.02. The molecule has 148 valence electrons. The summed E-state index contributed by atoms with van der Waals surface area (Å²) < 4.78 is 70.5. The Bertz CT molecular complexity index is 923. The van der Waals surface area contributed by atoms with Crippen molar-refractivity contribution in [3.8, 4) is 11.1 Å². The number of rotatable bonds is 2. The molecular formula is C23H21F5. The fourth-order valence-corrected chi connectivity index (χ4v) is 5.03. The van der Waals surface area contributed by atoms with Crippen molar-refractivity contribution >= 4 is 0 Å². The van der Waals surface area contributed by atoms with Gasteiger partial charge in [0.2, 0.25) is 0 Å². The van der Waals surface area contributed by atoms with Crippen LogP contribution >= 0.6 is 0 Å². The Morgan fingerprint density at radius 2 is 1.57 bits per heavy atom. The van der Waals surface area contributed by atoms with Crippen LogP contribution in [0.15, 0.2) is 30.4 Å². The minimum absolute atomic E-state index is 0.102. The highest BCUT2D eigenvalue weighted by molar-refractivity contribution is 5.67. The summed E-state index contributed by atoms with van der Waals surface area (Å²) in [6.07, 6.45) is 8.37. The van der Waals surface area contributed by atoms with Gasteiger partial charge in [0, 0.05) is 0 Å². The van der Waals surface area contributed by atoms with Crippen molar-refractivity contribution in [2.75, 3.05) is 0 Å². The Hall–Kier alpha value is -2.17. The molecule has 5 heteroatoms. The van der Waals surface area contributed by atoms with Crippen LogP contribution in [0.25, 0.3) is 11.1 Å². The predicted octanol–water partition coefficient (Wildman–Crippen LogP) is 7.07. The molecule has 2 aromatic carbocycles. The van der Waals surface area contributed by atoms with Gasteiger partial charge in [-0.05, 0) is 91.7 Å². The van der Waals surface area contributed by atoms with Crippen molar-refractivity contribution in [2.24, 2.45) is 11.8 Å². The van der Waals surface area contributed by atoms with E-state index in [9.17, 15) is 17.6 Å². The number of hydrogen-bond donors (Lipinski definition) is 0. The van der Waals surface area contributed by atoms with E-state index in [1.807, 2.05) is 13.0 Å². The Labute approximate surface area is 161 Å². The zero-order chi connectivity index (χ0) is 20.0. The number of benzene rings is 2. The molecule has 3 unspecified atom stereocenters.